The molecule has 3 heterocycles. The minimum atomic E-state index is 0.605. The predicted octanol–water partition coefficient (Wildman–Crippen LogP) is 11.6. The molecule has 4 nitrogen and oxygen atoms in total. The van der Waals surface area contributed by atoms with Gasteiger partial charge in [0.15, 0.2) is 0 Å². The van der Waals surface area contributed by atoms with E-state index < -0.39 is 0 Å². The van der Waals surface area contributed by atoms with Crippen LogP contribution in [-0.4, -0.2) is 15.0 Å². The largest absolute Gasteiger partial charge is 0.256 e. The summed E-state index contributed by atoms with van der Waals surface area (Å²) in [5.41, 5.74) is 16.7. The van der Waals surface area contributed by atoms with Gasteiger partial charge in [0.1, 0.15) is 0 Å². The summed E-state index contributed by atoms with van der Waals surface area (Å²) in [6.07, 6.45) is 9.15. The second kappa shape index (κ2) is 16.2. The van der Waals surface area contributed by atoms with Crippen molar-refractivity contribution >= 4 is 0 Å². The van der Waals surface area contributed by atoms with Gasteiger partial charge in [0, 0.05) is 35.3 Å². The van der Waals surface area contributed by atoms with Gasteiger partial charge in [0.05, 0.1) is 28.7 Å². The zero-order valence-corrected chi connectivity index (χ0v) is 29.9. The predicted molar refractivity (Wildman–Crippen MR) is 219 cm³/mol. The van der Waals surface area contributed by atoms with Gasteiger partial charge in [-0.2, -0.15) is 5.26 Å². The Hall–Kier alpha value is -6.96. The highest BCUT2D eigenvalue weighted by Gasteiger charge is 2.12. The van der Waals surface area contributed by atoms with Crippen LogP contribution in [-0.2, 0) is 25.7 Å². The molecule has 0 N–H and O–H groups in total. The molecule has 0 atom stereocenters. The van der Waals surface area contributed by atoms with Crippen molar-refractivity contribution in [1.29, 1.82) is 5.26 Å². The molecule has 0 saturated carbocycles. The Balaban J connectivity index is 1.08. The number of nitrogens with zero attached hydrogens (tertiary/aromatic N) is 4. The number of benzene rings is 5. The number of rotatable bonds is 11. The molecule has 0 amide bonds. The van der Waals surface area contributed by atoms with E-state index in [9.17, 15) is 5.26 Å². The Morgan fingerprint density at radius 1 is 0.352 bits per heavy atom. The molecular weight excluding hydrogens is 657 g/mol. The van der Waals surface area contributed by atoms with Crippen LogP contribution in [0.4, 0.5) is 0 Å². The summed E-state index contributed by atoms with van der Waals surface area (Å²) in [5, 5.41) is 9.38. The van der Waals surface area contributed by atoms with Gasteiger partial charge in [-0.1, -0.05) is 127 Å². The van der Waals surface area contributed by atoms with E-state index in [1.165, 1.54) is 38.9 Å². The third-order valence-corrected chi connectivity index (χ3v) is 9.91. The summed E-state index contributed by atoms with van der Waals surface area (Å²) in [5.74, 6) is 0. The van der Waals surface area contributed by atoms with Gasteiger partial charge in [-0.25, -0.2) is 0 Å². The lowest BCUT2D eigenvalue weighted by atomic mass is 9.90. The third kappa shape index (κ3) is 8.07. The fraction of sp³-hybridized carbons (Fsp3) is 0.0800. The minimum absolute atomic E-state index is 0.605. The van der Waals surface area contributed by atoms with Crippen LogP contribution in [0.5, 0.6) is 0 Å². The molecule has 0 aliphatic heterocycles. The van der Waals surface area contributed by atoms with Gasteiger partial charge in [-0.05, 0) is 107 Å². The molecule has 54 heavy (non-hydrogen) atoms. The summed E-state index contributed by atoms with van der Waals surface area (Å²) >= 11 is 0. The molecule has 0 radical (unpaired) electrons. The van der Waals surface area contributed by atoms with Crippen LogP contribution in [0.2, 0.25) is 0 Å². The minimum Gasteiger partial charge on any atom is -0.256 e. The zero-order valence-electron chi connectivity index (χ0n) is 29.9. The molecule has 258 valence electrons. The third-order valence-electron chi connectivity index (χ3n) is 9.91. The number of nitriles is 1. The van der Waals surface area contributed by atoms with E-state index in [1.807, 2.05) is 42.7 Å². The average molecular weight is 695 g/mol. The molecular formula is C50H38N4. The van der Waals surface area contributed by atoms with Crippen molar-refractivity contribution in [2.24, 2.45) is 0 Å². The van der Waals surface area contributed by atoms with Crippen LogP contribution in [0.3, 0.4) is 0 Å². The number of hydrogen-bond donors (Lipinski definition) is 0. The van der Waals surface area contributed by atoms with E-state index in [4.69, 9.17) is 0 Å². The van der Waals surface area contributed by atoms with Crippen LogP contribution in [0.15, 0.2) is 182 Å². The quantitative estimate of drug-likeness (QED) is 0.135. The first-order valence-corrected chi connectivity index (χ1v) is 18.4. The van der Waals surface area contributed by atoms with E-state index in [0.29, 0.717) is 5.56 Å². The van der Waals surface area contributed by atoms with Gasteiger partial charge in [-0.3, -0.25) is 15.0 Å². The van der Waals surface area contributed by atoms with Crippen molar-refractivity contribution in [3.8, 4) is 62.1 Å². The van der Waals surface area contributed by atoms with Crippen molar-refractivity contribution < 1.29 is 0 Å². The van der Waals surface area contributed by atoms with E-state index in [2.05, 4.69) is 148 Å². The van der Waals surface area contributed by atoms with Crippen molar-refractivity contribution in [3.05, 3.63) is 210 Å². The summed E-state index contributed by atoms with van der Waals surface area (Å²) in [7, 11) is 0. The van der Waals surface area contributed by atoms with Gasteiger partial charge in [-0.15, -0.1) is 0 Å². The van der Waals surface area contributed by atoms with Crippen molar-refractivity contribution in [2.75, 3.05) is 0 Å². The Morgan fingerprint density at radius 3 is 1.31 bits per heavy atom. The molecule has 0 unspecified atom stereocenters. The van der Waals surface area contributed by atoms with Crippen LogP contribution in [0.25, 0.3) is 56.0 Å². The molecule has 5 aromatic carbocycles. The zero-order chi connectivity index (χ0) is 36.5. The number of hydrogen-bond acceptors (Lipinski definition) is 4. The number of aryl methyl sites for hydroxylation is 4. The molecule has 8 rings (SSSR count). The molecule has 0 aliphatic carbocycles. The SMILES string of the molecule is N#Cc1ccnc(-c2ccc(-c3ccccc3-c3cc(CCc4ccc(-c5ccccn5)cc4)cc(CCc4ccc(-c5ccccn5)cc4)c3)cc2)c1. The highest BCUT2D eigenvalue weighted by Crippen LogP contribution is 2.35. The molecule has 0 bridgehead atoms. The normalized spacial score (nSPS) is 10.9. The van der Waals surface area contributed by atoms with E-state index >= 15 is 0 Å². The lowest BCUT2D eigenvalue weighted by molar-refractivity contribution is 0.931. The maximum absolute atomic E-state index is 9.38. The van der Waals surface area contributed by atoms with Crippen LogP contribution >= 0.6 is 0 Å². The first-order valence-electron chi connectivity index (χ1n) is 18.4. The Morgan fingerprint density at radius 2 is 0.796 bits per heavy atom. The fourth-order valence-corrected chi connectivity index (χ4v) is 7.00. The molecule has 0 spiro atoms. The average Bonchev–Trinajstić information content (AvgIpc) is 3.26. The first-order chi connectivity index (χ1) is 26.7. The maximum atomic E-state index is 9.38. The second-order valence-electron chi connectivity index (χ2n) is 13.5. The Kier molecular flexibility index (Phi) is 10.2. The van der Waals surface area contributed by atoms with E-state index in [1.54, 1.807) is 12.3 Å². The van der Waals surface area contributed by atoms with Crippen molar-refractivity contribution in [3.63, 3.8) is 0 Å². The summed E-state index contributed by atoms with van der Waals surface area (Å²) in [4.78, 5) is 13.5. The smallest absolute Gasteiger partial charge is 0.0992 e. The molecule has 3 aromatic heterocycles. The monoisotopic (exact) mass is 694 g/mol. The summed E-state index contributed by atoms with van der Waals surface area (Å²) < 4.78 is 0. The first kappa shape index (κ1) is 34.1. The highest BCUT2D eigenvalue weighted by atomic mass is 14.7. The lowest BCUT2D eigenvalue weighted by Gasteiger charge is -2.15. The second-order valence-corrected chi connectivity index (χ2v) is 13.5. The van der Waals surface area contributed by atoms with E-state index in [-0.39, 0.29) is 0 Å². The van der Waals surface area contributed by atoms with Crippen molar-refractivity contribution in [1.82, 2.24) is 15.0 Å². The molecule has 0 saturated heterocycles. The number of pyridine rings is 3. The molecule has 0 fully saturated rings. The fourth-order valence-electron chi connectivity index (χ4n) is 7.00. The van der Waals surface area contributed by atoms with Crippen LogP contribution in [0, 0.1) is 11.3 Å². The molecule has 0 aliphatic rings. The number of aromatic nitrogens is 3. The van der Waals surface area contributed by atoms with Crippen LogP contribution < -0.4 is 0 Å². The summed E-state index contributed by atoms with van der Waals surface area (Å²) in [6, 6.07) is 59.8. The molecule has 4 heteroatoms. The Bertz CT molecular complexity index is 2410. The van der Waals surface area contributed by atoms with Gasteiger partial charge in [0.25, 0.3) is 0 Å². The van der Waals surface area contributed by atoms with Crippen LogP contribution in [0.1, 0.15) is 27.8 Å². The summed E-state index contributed by atoms with van der Waals surface area (Å²) in [6.45, 7) is 0. The topological polar surface area (TPSA) is 62.5 Å². The van der Waals surface area contributed by atoms with Gasteiger partial charge >= 0.3 is 0 Å². The molecule has 8 aromatic rings. The van der Waals surface area contributed by atoms with Gasteiger partial charge in [0.2, 0.25) is 0 Å². The van der Waals surface area contributed by atoms with Gasteiger partial charge < -0.3 is 0 Å². The van der Waals surface area contributed by atoms with E-state index in [0.717, 1.165) is 65.0 Å². The standard InChI is InChI=1S/C50H38N4/c51-35-40-27-30-54-50(34-40)44-25-23-41(24-26-44)46-7-1-2-8-47(46)45-32-38(13-11-36-15-19-42(20-16-36)48-9-3-5-28-52-48)31-39(33-45)14-12-37-17-21-43(22-18-37)49-10-4-6-29-53-49/h1-10,15-34H,11-14H2. The highest BCUT2D eigenvalue weighted by molar-refractivity contribution is 5.84. The van der Waals surface area contributed by atoms with Crippen molar-refractivity contribution in [2.45, 2.75) is 25.7 Å². The lowest BCUT2D eigenvalue weighted by Crippen LogP contribution is -1.98. The Labute approximate surface area is 317 Å². The maximum Gasteiger partial charge on any atom is 0.0992 e.